The Labute approximate surface area is 129 Å². The Morgan fingerprint density at radius 2 is 1.95 bits per heavy atom. The first kappa shape index (κ1) is 16.1. The van der Waals surface area contributed by atoms with Gasteiger partial charge in [-0.3, -0.25) is 0 Å². The molecule has 0 bridgehead atoms. The summed E-state index contributed by atoms with van der Waals surface area (Å²) in [6.07, 6.45) is 7.72. The third kappa shape index (κ3) is 4.60. The normalized spacial score (nSPS) is 18.5. The lowest BCUT2D eigenvalue weighted by molar-refractivity contribution is 0.0371. The average Bonchev–Trinajstić information content (AvgIpc) is 2.54. The Morgan fingerprint density at radius 1 is 1.24 bits per heavy atom. The molecule has 1 heterocycles. The molecule has 1 aromatic rings. The highest BCUT2D eigenvalue weighted by molar-refractivity contribution is 5.26. The van der Waals surface area contributed by atoms with Crippen molar-refractivity contribution in [2.24, 2.45) is 0 Å². The van der Waals surface area contributed by atoms with Crippen LogP contribution in [0.15, 0.2) is 42.2 Å². The van der Waals surface area contributed by atoms with Crippen molar-refractivity contribution in [3.05, 3.63) is 47.7 Å². The molecule has 0 radical (unpaired) electrons. The maximum Gasteiger partial charge on any atom is 0.0889 e. The van der Waals surface area contributed by atoms with Crippen LogP contribution in [0.25, 0.3) is 0 Å². The van der Waals surface area contributed by atoms with E-state index in [1.54, 1.807) is 0 Å². The third-order valence-corrected chi connectivity index (χ3v) is 4.47. The van der Waals surface area contributed by atoms with E-state index in [1.165, 1.54) is 12.0 Å². The number of hydrogen-bond acceptors (Lipinski definition) is 2. The molecule has 116 valence electrons. The van der Waals surface area contributed by atoms with Crippen LogP contribution in [-0.4, -0.2) is 19.8 Å². The zero-order chi connectivity index (χ0) is 15.0. The molecule has 0 aliphatic carbocycles. The van der Waals surface area contributed by atoms with Crippen molar-refractivity contribution in [1.29, 1.82) is 0 Å². The first-order valence-corrected chi connectivity index (χ1v) is 8.20. The van der Waals surface area contributed by atoms with Crippen LogP contribution in [0.1, 0.15) is 51.5 Å². The highest BCUT2D eigenvalue weighted by Crippen LogP contribution is 2.38. The zero-order valence-corrected chi connectivity index (χ0v) is 13.4. The van der Waals surface area contributed by atoms with E-state index in [0.29, 0.717) is 0 Å². The fraction of sp³-hybridized carbons (Fsp3) is 0.579. The molecule has 2 nitrogen and oxygen atoms in total. The molecule has 1 aliphatic rings. The second-order valence-corrected chi connectivity index (χ2v) is 5.96. The highest BCUT2D eigenvalue weighted by atomic mass is 16.5. The minimum atomic E-state index is 0.227. The standard InChI is InChI=1S/C19H28O2/c1-3-4-8-17(2)21-16-13-19(11-14-20-15-12-19)18-9-6-5-7-10-18/h5-10H,3-4,11-16H2,1-2H3/b17-8+. The smallest absolute Gasteiger partial charge is 0.0889 e. The van der Waals surface area contributed by atoms with Gasteiger partial charge in [-0.25, -0.2) is 0 Å². The average molecular weight is 288 g/mol. The summed E-state index contributed by atoms with van der Waals surface area (Å²) in [5.41, 5.74) is 1.66. The topological polar surface area (TPSA) is 18.5 Å². The van der Waals surface area contributed by atoms with Crippen molar-refractivity contribution in [1.82, 2.24) is 0 Å². The molecule has 0 saturated carbocycles. The van der Waals surface area contributed by atoms with Crippen LogP contribution >= 0.6 is 0 Å². The van der Waals surface area contributed by atoms with E-state index in [4.69, 9.17) is 9.47 Å². The lowest BCUT2D eigenvalue weighted by Gasteiger charge is -2.37. The van der Waals surface area contributed by atoms with E-state index in [1.807, 2.05) is 0 Å². The number of unbranched alkanes of at least 4 members (excludes halogenated alkanes) is 1. The Kier molecular flexibility index (Phi) is 6.31. The van der Waals surface area contributed by atoms with Crippen LogP contribution in [0.5, 0.6) is 0 Å². The Bertz CT molecular complexity index is 430. The number of rotatable bonds is 7. The van der Waals surface area contributed by atoms with Crippen LogP contribution in [0.2, 0.25) is 0 Å². The number of benzene rings is 1. The van der Waals surface area contributed by atoms with E-state index < -0.39 is 0 Å². The Morgan fingerprint density at radius 3 is 2.62 bits per heavy atom. The maximum absolute atomic E-state index is 5.91. The van der Waals surface area contributed by atoms with Crippen molar-refractivity contribution in [3.8, 4) is 0 Å². The summed E-state index contributed by atoms with van der Waals surface area (Å²) < 4.78 is 11.5. The van der Waals surface area contributed by atoms with Gasteiger partial charge in [-0.2, -0.15) is 0 Å². The van der Waals surface area contributed by atoms with Gasteiger partial charge >= 0.3 is 0 Å². The van der Waals surface area contributed by atoms with Gasteiger partial charge in [0.25, 0.3) is 0 Å². The van der Waals surface area contributed by atoms with E-state index in [-0.39, 0.29) is 5.41 Å². The summed E-state index contributed by atoms with van der Waals surface area (Å²) in [6, 6.07) is 10.9. The summed E-state index contributed by atoms with van der Waals surface area (Å²) in [4.78, 5) is 0. The monoisotopic (exact) mass is 288 g/mol. The minimum absolute atomic E-state index is 0.227. The quantitative estimate of drug-likeness (QED) is 0.668. The molecule has 1 fully saturated rings. The van der Waals surface area contributed by atoms with Crippen LogP contribution < -0.4 is 0 Å². The number of allylic oxidation sites excluding steroid dienone is 2. The fourth-order valence-electron chi connectivity index (χ4n) is 3.05. The van der Waals surface area contributed by atoms with E-state index in [2.05, 4.69) is 50.3 Å². The molecule has 0 aromatic heterocycles. The SMILES string of the molecule is CCC/C=C(\C)OCCC1(c2ccccc2)CCOCC1. The molecule has 0 N–H and O–H groups in total. The van der Waals surface area contributed by atoms with E-state index in [0.717, 1.165) is 51.3 Å². The maximum atomic E-state index is 5.91. The van der Waals surface area contributed by atoms with Crippen molar-refractivity contribution >= 4 is 0 Å². The van der Waals surface area contributed by atoms with Gasteiger partial charge in [-0.15, -0.1) is 0 Å². The van der Waals surface area contributed by atoms with Crippen molar-refractivity contribution in [2.45, 2.75) is 51.4 Å². The van der Waals surface area contributed by atoms with Crippen LogP contribution in [0.3, 0.4) is 0 Å². The Balaban J connectivity index is 1.98. The molecule has 21 heavy (non-hydrogen) atoms. The van der Waals surface area contributed by atoms with Gasteiger partial charge in [-0.05, 0) is 44.2 Å². The lowest BCUT2D eigenvalue weighted by atomic mass is 9.72. The second-order valence-electron chi connectivity index (χ2n) is 5.96. The summed E-state index contributed by atoms with van der Waals surface area (Å²) in [7, 11) is 0. The summed E-state index contributed by atoms with van der Waals surface area (Å²) in [5.74, 6) is 1.06. The largest absolute Gasteiger partial charge is 0.499 e. The van der Waals surface area contributed by atoms with Crippen LogP contribution in [0.4, 0.5) is 0 Å². The fourth-order valence-corrected chi connectivity index (χ4v) is 3.05. The van der Waals surface area contributed by atoms with Gasteiger partial charge < -0.3 is 9.47 Å². The molecule has 0 spiro atoms. The molecule has 1 aliphatic heterocycles. The molecule has 0 amide bonds. The van der Waals surface area contributed by atoms with Gasteiger partial charge in [0.2, 0.25) is 0 Å². The summed E-state index contributed by atoms with van der Waals surface area (Å²) in [5, 5.41) is 0. The van der Waals surface area contributed by atoms with Crippen LogP contribution in [-0.2, 0) is 14.9 Å². The van der Waals surface area contributed by atoms with Gasteiger partial charge in [0, 0.05) is 18.6 Å². The first-order valence-electron chi connectivity index (χ1n) is 8.20. The molecule has 2 rings (SSSR count). The molecule has 1 saturated heterocycles. The lowest BCUT2D eigenvalue weighted by Crippen LogP contribution is -2.35. The third-order valence-electron chi connectivity index (χ3n) is 4.47. The minimum Gasteiger partial charge on any atom is -0.499 e. The van der Waals surface area contributed by atoms with E-state index >= 15 is 0 Å². The molecular formula is C19H28O2. The van der Waals surface area contributed by atoms with Gasteiger partial charge in [0.15, 0.2) is 0 Å². The predicted molar refractivity (Wildman–Crippen MR) is 87.4 cm³/mol. The first-order chi connectivity index (χ1) is 10.3. The molecule has 1 aromatic carbocycles. The molecule has 0 unspecified atom stereocenters. The molecular weight excluding hydrogens is 260 g/mol. The van der Waals surface area contributed by atoms with Gasteiger partial charge in [0.1, 0.15) is 0 Å². The zero-order valence-electron chi connectivity index (χ0n) is 13.4. The van der Waals surface area contributed by atoms with Crippen LogP contribution in [0, 0.1) is 0 Å². The van der Waals surface area contributed by atoms with Gasteiger partial charge in [-0.1, -0.05) is 43.7 Å². The summed E-state index contributed by atoms with van der Waals surface area (Å²) in [6.45, 7) is 6.77. The van der Waals surface area contributed by atoms with Crippen molar-refractivity contribution in [3.63, 3.8) is 0 Å². The van der Waals surface area contributed by atoms with Gasteiger partial charge in [0.05, 0.1) is 12.4 Å². The molecule has 2 heteroatoms. The number of hydrogen-bond donors (Lipinski definition) is 0. The predicted octanol–water partition coefficient (Wildman–Crippen LogP) is 4.85. The highest BCUT2D eigenvalue weighted by Gasteiger charge is 2.34. The second kappa shape index (κ2) is 8.23. The Hall–Kier alpha value is -1.28. The number of ether oxygens (including phenoxy) is 2. The van der Waals surface area contributed by atoms with Crippen molar-refractivity contribution in [2.75, 3.05) is 19.8 Å². The summed E-state index contributed by atoms with van der Waals surface area (Å²) >= 11 is 0. The molecule has 0 atom stereocenters. The van der Waals surface area contributed by atoms with E-state index in [9.17, 15) is 0 Å². The van der Waals surface area contributed by atoms with Crippen molar-refractivity contribution < 1.29 is 9.47 Å².